The van der Waals surface area contributed by atoms with Gasteiger partial charge in [0.1, 0.15) is 17.5 Å². The summed E-state index contributed by atoms with van der Waals surface area (Å²) in [4.78, 5) is 17.2. The number of ether oxygens (including phenoxy) is 2. The van der Waals surface area contributed by atoms with Gasteiger partial charge in [0.05, 0.1) is 18.2 Å². The Morgan fingerprint density at radius 2 is 1.88 bits per heavy atom. The van der Waals surface area contributed by atoms with Crippen molar-refractivity contribution in [2.24, 2.45) is 0 Å². The lowest BCUT2D eigenvalue weighted by Gasteiger charge is -2.09. The lowest BCUT2D eigenvalue weighted by atomic mass is 10.1. The summed E-state index contributed by atoms with van der Waals surface area (Å²) in [5, 5.41) is 1.14. The maximum atomic E-state index is 12.2. The van der Waals surface area contributed by atoms with Gasteiger partial charge in [0.15, 0.2) is 0 Å². The van der Waals surface area contributed by atoms with E-state index in [0.29, 0.717) is 27.3 Å². The van der Waals surface area contributed by atoms with E-state index in [4.69, 9.17) is 21.1 Å². The number of carbonyl (C=O) groups excluding carboxylic acids is 1. The molecule has 0 fully saturated rings. The molecule has 0 saturated carbocycles. The van der Waals surface area contributed by atoms with E-state index in [9.17, 15) is 9.00 Å². The molecule has 134 valence electrons. The van der Waals surface area contributed by atoms with E-state index >= 15 is 0 Å². The Bertz CT molecular complexity index is 989. The average Bonchev–Trinajstić information content (AvgIpc) is 2.65. The van der Waals surface area contributed by atoms with Crippen molar-refractivity contribution in [2.75, 3.05) is 13.4 Å². The van der Waals surface area contributed by atoms with Crippen LogP contribution in [0.5, 0.6) is 5.75 Å². The van der Waals surface area contributed by atoms with Crippen molar-refractivity contribution in [3.63, 3.8) is 0 Å². The van der Waals surface area contributed by atoms with Crippen LogP contribution in [-0.4, -0.2) is 28.5 Å². The van der Waals surface area contributed by atoms with Crippen LogP contribution in [0.2, 0.25) is 5.15 Å². The number of methoxy groups -OCH3 is 1. The number of carbonyl (C=O) groups is 1. The molecule has 1 unspecified atom stereocenters. The highest BCUT2D eigenvalue weighted by molar-refractivity contribution is 7.84. The van der Waals surface area contributed by atoms with E-state index in [0.717, 1.165) is 5.39 Å². The molecule has 0 spiro atoms. The Morgan fingerprint density at radius 1 is 1.15 bits per heavy atom. The van der Waals surface area contributed by atoms with Gasteiger partial charge in [0, 0.05) is 39.0 Å². The molecular weight excluding hydrogens is 374 g/mol. The highest BCUT2D eigenvalue weighted by Crippen LogP contribution is 2.25. The first-order valence-corrected chi connectivity index (χ1v) is 9.65. The zero-order chi connectivity index (χ0) is 18.7. The molecule has 0 aliphatic carbocycles. The molecule has 0 saturated heterocycles. The first-order valence-electron chi connectivity index (χ1n) is 7.71. The van der Waals surface area contributed by atoms with Crippen LogP contribution in [-0.2, 0) is 22.1 Å². The van der Waals surface area contributed by atoms with E-state index < -0.39 is 16.8 Å². The van der Waals surface area contributed by atoms with E-state index in [1.54, 1.807) is 43.7 Å². The summed E-state index contributed by atoms with van der Waals surface area (Å²) >= 11 is 6.21. The van der Waals surface area contributed by atoms with Gasteiger partial charge < -0.3 is 9.47 Å². The maximum absolute atomic E-state index is 12.2. The maximum Gasteiger partial charge on any atom is 0.338 e. The minimum Gasteiger partial charge on any atom is -0.497 e. The van der Waals surface area contributed by atoms with Crippen LogP contribution in [0, 0.1) is 0 Å². The van der Waals surface area contributed by atoms with Crippen LogP contribution in [0.3, 0.4) is 0 Å². The van der Waals surface area contributed by atoms with Crippen molar-refractivity contribution in [1.29, 1.82) is 0 Å². The van der Waals surface area contributed by atoms with Crippen molar-refractivity contribution in [1.82, 2.24) is 4.98 Å². The van der Waals surface area contributed by atoms with Crippen LogP contribution in [0.15, 0.2) is 53.4 Å². The second-order valence-corrected chi connectivity index (χ2v) is 7.29. The molecule has 7 heteroatoms. The van der Waals surface area contributed by atoms with Crippen LogP contribution in [0.1, 0.15) is 15.9 Å². The Labute approximate surface area is 158 Å². The second-order valence-electron chi connectivity index (χ2n) is 5.55. The molecule has 3 aromatic rings. The fourth-order valence-corrected chi connectivity index (χ4v) is 3.12. The third-order valence-electron chi connectivity index (χ3n) is 3.83. The smallest absolute Gasteiger partial charge is 0.338 e. The number of halogens is 1. The first-order chi connectivity index (χ1) is 12.5. The van der Waals surface area contributed by atoms with Crippen LogP contribution < -0.4 is 4.74 Å². The fraction of sp³-hybridized carbons (Fsp3) is 0.158. The van der Waals surface area contributed by atoms with Crippen LogP contribution in [0.25, 0.3) is 10.9 Å². The number of pyridine rings is 1. The summed E-state index contributed by atoms with van der Waals surface area (Å²) in [6.07, 6.45) is 1.58. The third kappa shape index (κ3) is 4.03. The van der Waals surface area contributed by atoms with Crippen molar-refractivity contribution in [2.45, 2.75) is 11.5 Å². The van der Waals surface area contributed by atoms with Gasteiger partial charge >= 0.3 is 5.97 Å². The first kappa shape index (κ1) is 18.4. The summed E-state index contributed by atoms with van der Waals surface area (Å²) in [6.45, 7) is 0.00803. The second kappa shape index (κ2) is 7.85. The number of aromatic nitrogens is 1. The van der Waals surface area contributed by atoms with Gasteiger partial charge in [-0.2, -0.15) is 0 Å². The normalized spacial score (nSPS) is 12.0. The lowest BCUT2D eigenvalue weighted by Crippen LogP contribution is -2.06. The number of rotatable bonds is 5. The van der Waals surface area contributed by atoms with Gasteiger partial charge in [-0.05, 0) is 42.5 Å². The molecule has 0 radical (unpaired) electrons. The number of benzene rings is 2. The zero-order valence-electron chi connectivity index (χ0n) is 14.2. The van der Waals surface area contributed by atoms with E-state index in [-0.39, 0.29) is 11.8 Å². The largest absolute Gasteiger partial charge is 0.497 e. The van der Waals surface area contributed by atoms with E-state index in [1.165, 1.54) is 0 Å². The molecule has 2 aromatic carbocycles. The topological polar surface area (TPSA) is 65.5 Å². The Hall–Kier alpha value is -2.44. The van der Waals surface area contributed by atoms with Crippen molar-refractivity contribution >= 4 is 39.3 Å². The molecule has 0 aliphatic heterocycles. The molecule has 3 rings (SSSR count). The van der Waals surface area contributed by atoms with Gasteiger partial charge in [0.25, 0.3) is 0 Å². The van der Waals surface area contributed by atoms with E-state index in [1.807, 2.05) is 18.2 Å². The molecule has 26 heavy (non-hydrogen) atoms. The van der Waals surface area contributed by atoms with Crippen molar-refractivity contribution < 1.29 is 18.5 Å². The van der Waals surface area contributed by atoms with E-state index in [2.05, 4.69) is 4.98 Å². The molecular formula is C19H16ClNO4S. The van der Waals surface area contributed by atoms with Gasteiger partial charge in [-0.15, -0.1) is 0 Å². The van der Waals surface area contributed by atoms with Crippen molar-refractivity contribution in [3.05, 3.63) is 64.8 Å². The Kier molecular flexibility index (Phi) is 5.54. The SMILES string of the molecule is COc1ccc2cc(COC(=O)c3ccc(S(C)=O)cc3)c(Cl)nc2c1. The highest BCUT2D eigenvalue weighted by atomic mass is 35.5. The molecule has 5 nitrogen and oxygen atoms in total. The van der Waals surface area contributed by atoms with Crippen LogP contribution >= 0.6 is 11.6 Å². The Balaban J connectivity index is 1.75. The summed E-state index contributed by atoms with van der Waals surface area (Å²) in [7, 11) is 0.495. The molecule has 0 amide bonds. The van der Waals surface area contributed by atoms with Gasteiger partial charge in [-0.3, -0.25) is 4.21 Å². The van der Waals surface area contributed by atoms with Gasteiger partial charge in [-0.25, -0.2) is 9.78 Å². The predicted molar refractivity (Wildman–Crippen MR) is 101 cm³/mol. The molecule has 0 bridgehead atoms. The molecule has 1 heterocycles. The van der Waals surface area contributed by atoms with Gasteiger partial charge in [-0.1, -0.05) is 11.6 Å². The quantitative estimate of drug-likeness (QED) is 0.487. The Morgan fingerprint density at radius 3 is 2.54 bits per heavy atom. The minimum atomic E-state index is -1.09. The summed E-state index contributed by atoms with van der Waals surface area (Å²) in [6, 6.07) is 13.8. The van der Waals surface area contributed by atoms with Crippen molar-refractivity contribution in [3.8, 4) is 5.75 Å². The lowest BCUT2D eigenvalue weighted by molar-refractivity contribution is 0.0472. The summed E-state index contributed by atoms with van der Waals surface area (Å²) < 4.78 is 21.9. The molecule has 1 atom stereocenters. The number of esters is 1. The number of hydrogen-bond acceptors (Lipinski definition) is 5. The minimum absolute atomic E-state index is 0.00803. The third-order valence-corrected chi connectivity index (χ3v) is 5.09. The standard InChI is InChI=1S/C19H16ClNO4S/c1-24-15-6-3-13-9-14(18(20)21-17(13)10-15)11-25-19(22)12-4-7-16(8-5-12)26(2)23/h3-10H,11H2,1-2H3. The zero-order valence-corrected chi connectivity index (χ0v) is 15.8. The van der Waals surface area contributed by atoms with Gasteiger partial charge in [0.2, 0.25) is 0 Å². The highest BCUT2D eigenvalue weighted by Gasteiger charge is 2.11. The average molecular weight is 390 g/mol. The molecule has 1 aromatic heterocycles. The molecule has 0 aliphatic rings. The number of nitrogens with zero attached hydrogens (tertiary/aromatic N) is 1. The predicted octanol–water partition coefficient (Wildman–Crippen LogP) is 3.99. The fourth-order valence-electron chi connectivity index (χ4n) is 2.40. The number of fused-ring (bicyclic) bond motifs is 1. The monoisotopic (exact) mass is 389 g/mol. The number of hydrogen-bond donors (Lipinski definition) is 0. The molecule has 0 N–H and O–H groups in total. The summed E-state index contributed by atoms with van der Waals surface area (Å²) in [5.74, 6) is 0.209. The van der Waals surface area contributed by atoms with Crippen LogP contribution in [0.4, 0.5) is 0 Å². The summed E-state index contributed by atoms with van der Waals surface area (Å²) in [5.41, 5.74) is 1.70.